The van der Waals surface area contributed by atoms with Crippen molar-refractivity contribution < 1.29 is 4.74 Å². The number of fused-ring (bicyclic) bond motifs is 1. The zero-order valence-electron chi connectivity index (χ0n) is 9.29. The van der Waals surface area contributed by atoms with E-state index in [0.29, 0.717) is 0 Å². The molecule has 2 aliphatic rings. The van der Waals surface area contributed by atoms with Crippen molar-refractivity contribution >= 4 is 5.71 Å². The number of para-hydroxylation sites is 1. The highest BCUT2D eigenvalue weighted by molar-refractivity contribution is 6.02. The van der Waals surface area contributed by atoms with Crippen LogP contribution < -0.4 is 10.1 Å². The van der Waals surface area contributed by atoms with Gasteiger partial charge in [0.1, 0.15) is 11.4 Å². The maximum Gasteiger partial charge on any atom is 0.215 e. The van der Waals surface area contributed by atoms with Crippen molar-refractivity contribution in [3.05, 3.63) is 41.4 Å². The molecular formula is C13H14N2O. The van der Waals surface area contributed by atoms with Crippen molar-refractivity contribution in [1.82, 2.24) is 5.32 Å². The van der Waals surface area contributed by atoms with Crippen LogP contribution in [-0.4, -0.2) is 12.3 Å². The zero-order valence-corrected chi connectivity index (χ0v) is 9.29. The second kappa shape index (κ2) is 3.67. The van der Waals surface area contributed by atoms with Crippen LogP contribution in [0.4, 0.5) is 0 Å². The van der Waals surface area contributed by atoms with Crippen LogP contribution in [-0.2, 0) is 0 Å². The van der Waals surface area contributed by atoms with Crippen LogP contribution in [0.25, 0.3) is 0 Å². The van der Waals surface area contributed by atoms with E-state index < -0.39 is 0 Å². The number of nitrogens with one attached hydrogen (secondary N) is 1. The molecule has 3 heteroatoms. The van der Waals surface area contributed by atoms with Crippen LogP contribution in [0.15, 0.2) is 40.8 Å². The Morgan fingerprint density at radius 3 is 3.12 bits per heavy atom. The molecule has 0 saturated carbocycles. The van der Waals surface area contributed by atoms with Crippen LogP contribution in [0.2, 0.25) is 0 Å². The standard InChI is InChI=1S/C13H14N2O/c1-9-10-5-2-3-7-12(10)16-13-11(15-9)6-4-8-14-13/h2-3,5,7,14H,4,6,8H2,1H3. The summed E-state index contributed by atoms with van der Waals surface area (Å²) in [6.07, 6.45) is 2.11. The number of allylic oxidation sites excluding steroid dienone is 1. The molecule has 2 aliphatic heterocycles. The molecule has 1 aromatic carbocycles. The molecule has 0 saturated heterocycles. The summed E-state index contributed by atoms with van der Waals surface area (Å²) in [4.78, 5) is 4.65. The molecule has 0 bridgehead atoms. The van der Waals surface area contributed by atoms with E-state index in [1.165, 1.54) is 0 Å². The molecule has 3 rings (SSSR count). The molecule has 0 aliphatic carbocycles. The van der Waals surface area contributed by atoms with E-state index in [0.717, 1.165) is 48.0 Å². The lowest BCUT2D eigenvalue weighted by molar-refractivity contribution is 0.357. The SMILES string of the molecule is CC1=NC2=C(NCCC2)Oc2ccccc21. The first-order valence-corrected chi connectivity index (χ1v) is 5.64. The van der Waals surface area contributed by atoms with Crippen LogP contribution in [0.1, 0.15) is 25.3 Å². The summed E-state index contributed by atoms with van der Waals surface area (Å²) < 4.78 is 5.89. The Morgan fingerprint density at radius 1 is 1.31 bits per heavy atom. The van der Waals surface area contributed by atoms with Crippen LogP contribution in [0.3, 0.4) is 0 Å². The van der Waals surface area contributed by atoms with Gasteiger partial charge in [0.15, 0.2) is 0 Å². The van der Waals surface area contributed by atoms with Gasteiger partial charge in [-0.1, -0.05) is 12.1 Å². The van der Waals surface area contributed by atoms with Gasteiger partial charge in [-0.2, -0.15) is 0 Å². The number of hydrogen-bond acceptors (Lipinski definition) is 3. The second-order valence-electron chi connectivity index (χ2n) is 4.10. The number of nitrogens with zero attached hydrogens (tertiary/aromatic N) is 1. The van der Waals surface area contributed by atoms with E-state index in [-0.39, 0.29) is 0 Å². The Hall–Kier alpha value is -1.77. The van der Waals surface area contributed by atoms with Gasteiger partial charge in [-0.15, -0.1) is 0 Å². The lowest BCUT2D eigenvalue weighted by Crippen LogP contribution is -2.24. The summed E-state index contributed by atoms with van der Waals surface area (Å²) in [5.41, 5.74) is 3.16. The molecule has 3 nitrogen and oxygen atoms in total. The molecule has 0 atom stereocenters. The zero-order chi connectivity index (χ0) is 11.0. The van der Waals surface area contributed by atoms with Crippen molar-refractivity contribution in [2.45, 2.75) is 19.8 Å². The topological polar surface area (TPSA) is 33.6 Å². The Morgan fingerprint density at radius 2 is 2.19 bits per heavy atom. The average molecular weight is 214 g/mol. The highest BCUT2D eigenvalue weighted by Crippen LogP contribution is 2.28. The molecule has 0 unspecified atom stereocenters. The fourth-order valence-electron chi connectivity index (χ4n) is 2.10. The molecule has 82 valence electrons. The van der Waals surface area contributed by atoms with E-state index in [4.69, 9.17) is 4.74 Å². The van der Waals surface area contributed by atoms with Gasteiger partial charge in [0.25, 0.3) is 0 Å². The predicted molar refractivity (Wildman–Crippen MR) is 63.5 cm³/mol. The van der Waals surface area contributed by atoms with Gasteiger partial charge in [-0.05, 0) is 31.9 Å². The smallest absolute Gasteiger partial charge is 0.215 e. The van der Waals surface area contributed by atoms with E-state index in [2.05, 4.69) is 10.3 Å². The summed E-state index contributed by atoms with van der Waals surface area (Å²) in [6.45, 7) is 3.00. The second-order valence-corrected chi connectivity index (χ2v) is 4.10. The quantitative estimate of drug-likeness (QED) is 0.719. The van der Waals surface area contributed by atoms with Crippen molar-refractivity contribution in [3.63, 3.8) is 0 Å². The molecule has 0 radical (unpaired) electrons. The van der Waals surface area contributed by atoms with Crippen LogP contribution in [0.5, 0.6) is 5.75 Å². The summed E-state index contributed by atoms with van der Waals surface area (Å²) in [5, 5.41) is 3.27. The van der Waals surface area contributed by atoms with Gasteiger partial charge in [-0.3, -0.25) is 4.99 Å². The van der Waals surface area contributed by atoms with Crippen molar-refractivity contribution in [1.29, 1.82) is 0 Å². The highest BCUT2D eigenvalue weighted by Gasteiger charge is 2.19. The maximum absolute atomic E-state index is 5.89. The van der Waals surface area contributed by atoms with Gasteiger partial charge in [-0.25, -0.2) is 0 Å². The lowest BCUT2D eigenvalue weighted by atomic mass is 10.1. The largest absolute Gasteiger partial charge is 0.439 e. The molecule has 0 fully saturated rings. The first-order valence-electron chi connectivity index (χ1n) is 5.64. The maximum atomic E-state index is 5.89. The molecular weight excluding hydrogens is 200 g/mol. The third kappa shape index (κ3) is 1.48. The van der Waals surface area contributed by atoms with Gasteiger partial charge in [0, 0.05) is 17.8 Å². The summed E-state index contributed by atoms with van der Waals surface area (Å²) in [5.74, 6) is 1.72. The molecule has 2 heterocycles. The minimum atomic E-state index is 0.829. The fraction of sp³-hybridized carbons (Fsp3) is 0.308. The summed E-state index contributed by atoms with van der Waals surface area (Å²) in [7, 11) is 0. The first-order chi connectivity index (χ1) is 7.84. The Bertz CT molecular complexity index is 488. The Kier molecular flexibility index (Phi) is 2.17. The van der Waals surface area contributed by atoms with E-state index >= 15 is 0 Å². The van der Waals surface area contributed by atoms with E-state index in [9.17, 15) is 0 Å². The Balaban J connectivity index is 2.12. The van der Waals surface area contributed by atoms with Crippen LogP contribution in [0, 0.1) is 0 Å². The van der Waals surface area contributed by atoms with E-state index in [1.54, 1.807) is 0 Å². The number of hydrogen-bond donors (Lipinski definition) is 1. The monoisotopic (exact) mass is 214 g/mol. The van der Waals surface area contributed by atoms with Gasteiger partial charge >= 0.3 is 0 Å². The minimum Gasteiger partial charge on any atom is -0.439 e. The number of aliphatic imine (C=N–C) groups is 1. The van der Waals surface area contributed by atoms with Crippen molar-refractivity contribution in [2.75, 3.05) is 6.54 Å². The molecule has 1 N–H and O–H groups in total. The summed E-state index contributed by atoms with van der Waals surface area (Å²) >= 11 is 0. The van der Waals surface area contributed by atoms with Gasteiger partial charge < -0.3 is 10.1 Å². The normalized spacial score (nSPS) is 18.7. The number of benzene rings is 1. The third-order valence-electron chi connectivity index (χ3n) is 2.93. The molecule has 16 heavy (non-hydrogen) atoms. The highest BCUT2D eigenvalue weighted by atomic mass is 16.5. The number of rotatable bonds is 0. The molecule has 0 spiro atoms. The van der Waals surface area contributed by atoms with Gasteiger partial charge in [0.2, 0.25) is 5.88 Å². The molecule has 1 aromatic rings. The minimum absolute atomic E-state index is 0.829. The Labute approximate surface area is 94.8 Å². The molecule has 0 aromatic heterocycles. The van der Waals surface area contributed by atoms with Gasteiger partial charge in [0.05, 0.1) is 0 Å². The summed E-state index contributed by atoms with van der Waals surface area (Å²) in [6, 6.07) is 8.03. The van der Waals surface area contributed by atoms with E-state index in [1.807, 2.05) is 31.2 Å². The first kappa shape index (κ1) is 9.46. The lowest BCUT2D eigenvalue weighted by Gasteiger charge is -2.18. The molecule has 0 amide bonds. The third-order valence-corrected chi connectivity index (χ3v) is 2.93. The average Bonchev–Trinajstić information content (AvgIpc) is 2.45. The van der Waals surface area contributed by atoms with Crippen molar-refractivity contribution in [3.8, 4) is 5.75 Å². The fourth-order valence-corrected chi connectivity index (χ4v) is 2.10. The number of ether oxygens (including phenoxy) is 1. The van der Waals surface area contributed by atoms with Crippen molar-refractivity contribution in [2.24, 2.45) is 4.99 Å². The predicted octanol–water partition coefficient (Wildman–Crippen LogP) is 2.44. The van der Waals surface area contributed by atoms with Crippen LogP contribution >= 0.6 is 0 Å².